The maximum Gasteiger partial charge on any atom is 0.276 e. The lowest BCUT2D eigenvalue weighted by molar-refractivity contribution is 0.102. The van der Waals surface area contributed by atoms with Gasteiger partial charge in [0.15, 0.2) is 5.69 Å². The number of aromatic nitrogens is 2. The van der Waals surface area contributed by atoms with Crippen molar-refractivity contribution in [3.05, 3.63) is 53.3 Å². The van der Waals surface area contributed by atoms with Gasteiger partial charge < -0.3 is 5.32 Å². The highest BCUT2D eigenvalue weighted by molar-refractivity contribution is 6.03. The summed E-state index contributed by atoms with van der Waals surface area (Å²) in [5.41, 5.74) is 3.21. The minimum Gasteiger partial charge on any atom is -0.320 e. The Morgan fingerprint density at radius 2 is 1.82 bits per heavy atom. The summed E-state index contributed by atoms with van der Waals surface area (Å²) in [6.45, 7) is 3.92. The van der Waals surface area contributed by atoms with Crippen LogP contribution in [0.25, 0.3) is 0 Å². The van der Waals surface area contributed by atoms with Crippen LogP contribution >= 0.6 is 0 Å². The molecule has 4 nitrogen and oxygen atoms in total. The van der Waals surface area contributed by atoms with Crippen molar-refractivity contribution in [1.82, 2.24) is 10.2 Å². The third-order valence-corrected chi connectivity index (χ3v) is 2.52. The number of aryl methyl sites for hydroxylation is 2. The van der Waals surface area contributed by atoms with Crippen LogP contribution in [0.2, 0.25) is 0 Å². The van der Waals surface area contributed by atoms with Gasteiger partial charge in [0.05, 0.1) is 0 Å². The van der Waals surface area contributed by atoms with Crippen molar-refractivity contribution in [3.8, 4) is 0 Å². The largest absolute Gasteiger partial charge is 0.320 e. The van der Waals surface area contributed by atoms with Crippen LogP contribution in [-0.4, -0.2) is 16.1 Å². The Kier molecular flexibility index (Phi) is 3.14. The Bertz CT molecular complexity index is 517. The van der Waals surface area contributed by atoms with Crippen molar-refractivity contribution in [1.29, 1.82) is 0 Å². The summed E-state index contributed by atoms with van der Waals surface area (Å²) in [5, 5.41) is 10.3. The molecule has 1 N–H and O–H groups in total. The highest BCUT2D eigenvalue weighted by Gasteiger charge is 2.10. The number of rotatable bonds is 2. The predicted molar refractivity (Wildman–Crippen MR) is 65.9 cm³/mol. The van der Waals surface area contributed by atoms with Crippen molar-refractivity contribution in [2.45, 2.75) is 13.8 Å². The molecule has 0 atom stereocenters. The van der Waals surface area contributed by atoms with Crippen molar-refractivity contribution >= 4 is 11.6 Å². The summed E-state index contributed by atoms with van der Waals surface area (Å²) < 4.78 is 0. The minimum absolute atomic E-state index is 0.240. The fourth-order valence-corrected chi connectivity index (χ4v) is 1.61. The highest BCUT2D eigenvalue weighted by Crippen LogP contribution is 2.19. The number of carbonyl (C=O) groups is 1. The first-order chi connectivity index (χ1) is 8.18. The molecule has 2 rings (SSSR count). The molecule has 1 aromatic heterocycles. The molecule has 4 heteroatoms. The standard InChI is InChI=1S/C13H13N3O/c1-9-5-3-6-10(2)12(9)15-13(17)11-7-4-8-14-16-11/h3-8H,1-2H3,(H,15,17). The number of hydrogen-bond donors (Lipinski definition) is 1. The first-order valence-corrected chi connectivity index (χ1v) is 5.34. The van der Waals surface area contributed by atoms with E-state index in [1.165, 1.54) is 6.20 Å². The Morgan fingerprint density at radius 1 is 1.12 bits per heavy atom. The van der Waals surface area contributed by atoms with Gasteiger partial charge in [0.25, 0.3) is 5.91 Å². The van der Waals surface area contributed by atoms with E-state index in [0.717, 1.165) is 16.8 Å². The van der Waals surface area contributed by atoms with Gasteiger partial charge in [0.2, 0.25) is 0 Å². The zero-order valence-electron chi connectivity index (χ0n) is 9.77. The van der Waals surface area contributed by atoms with Crippen molar-refractivity contribution < 1.29 is 4.79 Å². The van der Waals surface area contributed by atoms with E-state index in [1.54, 1.807) is 12.1 Å². The number of anilines is 1. The quantitative estimate of drug-likeness (QED) is 0.856. The first-order valence-electron chi connectivity index (χ1n) is 5.34. The van der Waals surface area contributed by atoms with E-state index < -0.39 is 0 Å². The number of nitrogens with one attached hydrogen (secondary N) is 1. The molecule has 1 amide bonds. The van der Waals surface area contributed by atoms with Crippen molar-refractivity contribution in [3.63, 3.8) is 0 Å². The lowest BCUT2D eigenvalue weighted by atomic mass is 10.1. The average molecular weight is 227 g/mol. The van der Waals surface area contributed by atoms with Gasteiger partial charge in [-0.15, -0.1) is 5.10 Å². The molecule has 0 aliphatic heterocycles. The molecule has 0 radical (unpaired) electrons. The molecule has 2 aromatic rings. The molecule has 0 aliphatic rings. The van der Waals surface area contributed by atoms with E-state index in [-0.39, 0.29) is 5.91 Å². The second-order valence-electron chi connectivity index (χ2n) is 3.83. The van der Waals surface area contributed by atoms with Crippen LogP contribution in [0, 0.1) is 13.8 Å². The predicted octanol–water partition coefficient (Wildman–Crippen LogP) is 2.35. The van der Waals surface area contributed by atoms with Gasteiger partial charge >= 0.3 is 0 Å². The van der Waals surface area contributed by atoms with Crippen LogP contribution in [0.4, 0.5) is 5.69 Å². The van der Waals surface area contributed by atoms with E-state index in [4.69, 9.17) is 0 Å². The lowest BCUT2D eigenvalue weighted by Gasteiger charge is -2.10. The lowest BCUT2D eigenvalue weighted by Crippen LogP contribution is -2.15. The SMILES string of the molecule is Cc1cccc(C)c1NC(=O)c1cccnn1. The zero-order valence-corrected chi connectivity index (χ0v) is 9.77. The van der Waals surface area contributed by atoms with E-state index in [1.807, 2.05) is 32.0 Å². The fraction of sp³-hybridized carbons (Fsp3) is 0.154. The number of amides is 1. The van der Waals surface area contributed by atoms with E-state index in [9.17, 15) is 4.79 Å². The van der Waals surface area contributed by atoms with Gasteiger partial charge in [-0.2, -0.15) is 5.10 Å². The maximum absolute atomic E-state index is 11.9. The number of carbonyl (C=O) groups excluding carboxylic acids is 1. The topological polar surface area (TPSA) is 54.9 Å². The Hall–Kier alpha value is -2.23. The number of benzene rings is 1. The van der Waals surface area contributed by atoms with Crippen LogP contribution in [0.3, 0.4) is 0 Å². The summed E-state index contributed by atoms with van der Waals surface area (Å²) >= 11 is 0. The normalized spacial score (nSPS) is 10.0. The summed E-state index contributed by atoms with van der Waals surface area (Å²) in [4.78, 5) is 11.9. The number of nitrogens with zero attached hydrogens (tertiary/aromatic N) is 2. The third-order valence-electron chi connectivity index (χ3n) is 2.52. The molecular weight excluding hydrogens is 214 g/mol. The highest BCUT2D eigenvalue weighted by atomic mass is 16.1. The van der Waals surface area contributed by atoms with Gasteiger partial charge in [-0.05, 0) is 37.1 Å². The van der Waals surface area contributed by atoms with Crippen LogP contribution in [0.5, 0.6) is 0 Å². The molecule has 0 saturated heterocycles. The zero-order chi connectivity index (χ0) is 12.3. The third kappa shape index (κ3) is 2.47. The molecular formula is C13H13N3O. The monoisotopic (exact) mass is 227 g/mol. The first kappa shape index (κ1) is 11.3. The van der Waals surface area contributed by atoms with Gasteiger partial charge in [-0.25, -0.2) is 0 Å². The summed E-state index contributed by atoms with van der Waals surface area (Å²) in [7, 11) is 0. The Balaban J connectivity index is 2.25. The number of para-hydroxylation sites is 1. The minimum atomic E-state index is -0.240. The molecule has 0 unspecified atom stereocenters. The number of hydrogen-bond acceptors (Lipinski definition) is 3. The van der Waals surface area contributed by atoms with E-state index >= 15 is 0 Å². The Labute approximate surface area is 99.7 Å². The van der Waals surface area contributed by atoms with Crippen LogP contribution < -0.4 is 5.32 Å². The smallest absolute Gasteiger partial charge is 0.276 e. The molecule has 1 heterocycles. The van der Waals surface area contributed by atoms with Gasteiger partial charge in [-0.3, -0.25) is 4.79 Å². The Morgan fingerprint density at radius 3 is 2.41 bits per heavy atom. The second kappa shape index (κ2) is 4.74. The van der Waals surface area contributed by atoms with Crippen LogP contribution in [0.1, 0.15) is 21.6 Å². The molecule has 0 saturated carbocycles. The summed E-state index contributed by atoms with van der Waals surface area (Å²) in [6.07, 6.45) is 1.54. The van der Waals surface area contributed by atoms with E-state index in [2.05, 4.69) is 15.5 Å². The molecule has 0 spiro atoms. The fourth-order valence-electron chi connectivity index (χ4n) is 1.61. The van der Waals surface area contributed by atoms with Gasteiger partial charge in [-0.1, -0.05) is 18.2 Å². The average Bonchev–Trinajstić information content (AvgIpc) is 2.35. The summed E-state index contributed by atoms with van der Waals surface area (Å²) in [5.74, 6) is -0.240. The van der Waals surface area contributed by atoms with Gasteiger partial charge in [0, 0.05) is 11.9 Å². The van der Waals surface area contributed by atoms with Gasteiger partial charge in [0.1, 0.15) is 0 Å². The summed E-state index contributed by atoms with van der Waals surface area (Å²) in [6, 6.07) is 9.20. The van der Waals surface area contributed by atoms with Crippen molar-refractivity contribution in [2.75, 3.05) is 5.32 Å². The molecule has 86 valence electrons. The molecule has 0 bridgehead atoms. The molecule has 17 heavy (non-hydrogen) atoms. The van der Waals surface area contributed by atoms with Crippen molar-refractivity contribution in [2.24, 2.45) is 0 Å². The van der Waals surface area contributed by atoms with Crippen LogP contribution in [0.15, 0.2) is 36.5 Å². The van der Waals surface area contributed by atoms with E-state index in [0.29, 0.717) is 5.69 Å². The maximum atomic E-state index is 11.9. The van der Waals surface area contributed by atoms with Crippen LogP contribution in [-0.2, 0) is 0 Å². The second-order valence-corrected chi connectivity index (χ2v) is 3.83. The molecule has 0 aliphatic carbocycles. The molecule has 1 aromatic carbocycles. The molecule has 0 fully saturated rings.